The monoisotopic (exact) mass is 284 g/mol. The smallest absolute Gasteiger partial charge is 0.323 e. The molecule has 1 aliphatic carbocycles. The topological polar surface area (TPSA) is 66.6 Å². The molecule has 0 bridgehead atoms. The maximum Gasteiger partial charge on any atom is 0.323 e. The van der Waals surface area contributed by atoms with E-state index in [0.717, 1.165) is 13.0 Å². The second-order valence-corrected chi connectivity index (χ2v) is 7.29. The first kappa shape index (κ1) is 17.4. The number of rotatable bonds is 7. The number of nitrogens with zero attached hydrogens (tertiary/aromatic N) is 1. The van der Waals surface area contributed by atoms with E-state index in [0.29, 0.717) is 24.3 Å². The highest BCUT2D eigenvalue weighted by Crippen LogP contribution is 2.36. The second-order valence-electron chi connectivity index (χ2n) is 7.29. The van der Waals surface area contributed by atoms with Crippen molar-refractivity contribution in [2.75, 3.05) is 13.6 Å². The Morgan fingerprint density at radius 3 is 2.40 bits per heavy atom. The molecule has 0 aromatic carbocycles. The summed E-state index contributed by atoms with van der Waals surface area (Å²) in [5.74, 6) is -0.873. The van der Waals surface area contributed by atoms with Gasteiger partial charge in [-0.3, -0.25) is 4.79 Å². The van der Waals surface area contributed by atoms with Gasteiger partial charge in [-0.05, 0) is 64.0 Å². The highest BCUT2D eigenvalue weighted by molar-refractivity contribution is 5.78. The van der Waals surface area contributed by atoms with Gasteiger partial charge < -0.3 is 15.7 Å². The zero-order valence-electron chi connectivity index (χ0n) is 13.6. The molecule has 0 aromatic rings. The first-order valence-corrected chi connectivity index (χ1v) is 7.93. The number of hydrogen-bond acceptors (Lipinski definition) is 3. The summed E-state index contributed by atoms with van der Waals surface area (Å²) in [7, 11) is 2.16. The Labute approximate surface area is 123 Å². The molecule has 1 fully saturated rings. The Morgan fingerprint density at radius 2 is 1.95 bits per heavy atom. The number of carboxylic acid groups (broad SMARTS) is 1. The van der Waals surface area contributed by atoms with Gasteiger partial charge in [-0.1, -0.05) is 20.8 Å². The number of hydrogen-bond donors (Lipinski definition) is 2. The Kier molecular flexibility index (Phi) is 6.02. The lowest BCUT2D eigenvalue weighted by molar-refractivity contribution is -0.143. The SMILES string of the molecule is CCC(N)(CCCN(C)C1CCC(C)(C)CC1)C(=O)O. The molecule has 0 spiro atoms. The third kappa shape index (κ3) is 4.74. The lowest BCUT2D eigenvalue weighted by Gasteiger charge is -2.39. The Morgan fingerprint density at radius 1 is 1.40 bits per heavy atom. The maximum atomic E-state index is 11.2. The molecule has 1 rings (SSSR count). The number of carboxylic acids is 1. The van der Waals surface area contributed by atoms with Crippen molar-refractivity contribution in [3.63, 3.8) is 0 Å². The van der Waals surface area contributed by atoms with Crippen LogP contribution in [0.2, 0.25) is 0 Å². The van der Waals surface area contributed by atoms with Crippen LogP contribution in [0, 0.1) is 5.41 Å². The molecule has 0 saturated heterocycles. The molecular formula is C16H32N2O2. The molecule has 1 saturated carbocycles. The van der Waals surface area contributed by atoms with E-state index in [2.05, 4.69) is 25.8 Å². The minimum Gasteiger partial charge on any atom is -0.480 e. The van der Waals surface area contributed by atoms with Crippen LogP contribution in [0.3, 0.4) is 0 Å². The fourth-order valence-electron chi connectivity index (χ4n) is 3.09. The fraction of sp³-hybridized carbons (Fsp3) is 0.938. The van der Waals surface area contributed by atoms with Gasteiger partial charge in [-0.25, -0.2) is 0 Å². The van der Waals surface area contributed by atoms with E-state index in [4.69, 9.17) is 10.8 Å². The highest BCUT2D eigenvalue weighted by Gasteiger charge is 2.32. The van der Waals surface area contributed by atoms with Gasteiger partial charge in [0.15, 0.2) is 0 Å². The van der Waals surface area contributed by atoms with Crippen molar-refractivity contribution in [3.05, 3.63) is 0 Å². The summed E-state index contributed by atoms with van der Waals surface area (Å²) in [6.45, 7) is 7.48. The lowest BCUT2D eigenvalue weighted by atomic mass is 9.75. The van der Waals surface area contributed by atoms with Crippen molar-refractivity contribution < 1.29 is 9.90 Å². The third-order valence-electron chi connectivity index (χ3n) is 5.12. The van der Waals surface area contributed by atoms with Gasteiger partial charge in [0.25, 0.3) is 0 Å². The van der Waals surface area contributed by atoms with Crippen molar-refractivity contribution in [1.82, 2.24) is 4.90 Å². The molecule has 1 unspecified atom stereocenters. The molecule has 4 heteroatoms. The molecule has 0 aromatic heterocycles. The average Bonchev–Trinajstić information content (AvgIpc) is 2.37. The van der Waals surface area contributed by atoms with Crippen LogP contribution in [0.1, 0.15) is 65.7 Å². The molecule has 4 nitrogen and oxygen atoms in total. The van der Waals surface area contributed by atoms with Gasteiger partial charge in [-0.15, -0.1) is 0 Å². The number of carbonyl (C=O) groups is 1. The fourth-order valence-corrected chi connectivity index (χ4v) is 3.09. The molecule has 0 radical (unpaired) electrons. The van der Waals surface area contributed by atoms with E-state index in [-0.39, 0.29) is 0 Å². The zero-order chi connectivity index (χ0) is 15.4. The Balaban J connectivity index is 2.34. The summed E-state index contributed by atoms with van der Waals surface area (Å²) < 4.78 is 0. The van der Waals surface area contributed by atoms with Crippen molar-refractivity contribution in [2.24, 2.45) is 11.1 Å². The van der Waals surface area contributed by atoms with E-state index >= 15 is 0 Å². The van der Waals surface area contributed by atoms with Crippen LogP contribution in [-0.2, 0) is 4.79 Å². The standard InChI is InChI=1S/C16H32N2O2/c1-5-16(17,14(19)20)9-6-12-18(4)13-7-10-15(2,3)11-8-13/h13H,5-12,17H2,1-4H3,(H,19,20). The van der Waals surface area contributed by atoms with E-state index in [1.165, 1.54) is 25.7 Å². The number of aliphatic carboxylic acids is 1. The number of nitrogens with two attached hydrogens (primary N) is 1. The predicted octanol–water partition coefficient (Wildman–Crippen LogP) is 2.86. The minimum absolute atomic E-state index is 0.490. The average molecular weight is 284 g/mol. The van der Waals surface area contributed by atoms with Gasteiger partial charge >= 0.3 is 5.97 Å². The lowest BCUT2D eigenvalue weighted by Crippen LogP contribution is -2.48. The molecular weight excluding hydrogens is 252 g/mol. The van der Waals surface area contributed by atoms with Gasteiger partial charge in [0.1, 0.15) is 5.54 Å². The first-order chi connectivity index (χ1) is 9.20. The summed E-state index contributed by atoms with van der Waals surface area (Å²) >= 11 is 0. The van der Waals surface area contributed by atoms with E-state index < -0.39 is 11.5 Å². The van der Waals surface area contributed by atoms with Gasteiger partial charge in [0.05, 0.1) is 0 Å². The van der Waals surface area contributed by atoms with Crippen molar-refractivity contribution in [2.45, 2.75) is 77.3 Å². The van der Waals surface area contributed by atoms with Crippen molar-refractivity contribution in [1.29, 1.82) is 0 Å². The maximum absolute atomic E-state index is 11.2. The quantitative estimate of drug-likeness (QED) is 0.754. The summed E-state index contributed by atoms with van der Waals surface area (Å²) in [6, 6.07) is 0.654. The molecule has 0 aliphatic heterocycles. The summed E-state index contributed by atoms with van der Waals surface area (Å²) in [5.41, 5.74) is 5.37. The van der Waals surface area contributed by atoms with Crippen LogP contribution >= 0.6 is 0 Å². The molecule has 0 heterocycles. The van der Waals surface area contributed by atoms with Crippen LogP contribution in [0.5, 0.6) is 0 Å². The van der Waals surface area contributed by atoms with E-state index in [1.54, 1.807) is 0 Å². The molecule has 3 N–H and O–H groups in total. The first-order valence-electron chi connectivity index (χ1n) is 7.93. The molecule has 0 amide bonds. The van der Waals surface area contributed by atoms with E-state index in [9.17, 15) is 4.79 Å². The van der Waals surface area contributed by atoms with Gasteiger partial charge in [0.2, 0.25) is 0 Å². The summed E-state index contributed by atoms with van der Waals surface area (Å²) in [6.07, 6.45) is 6.98. The van der Waals surface area contributed by atoms with Crippen LogP contribution in [-0.4, -0.2) is 41.1 Å². The third-order valence-corrected chi connectivity index (χ3v) is 5.12. The molecule has 1 atom stereocenters. The van der Waals surface area contributed by atoms with Crippen molar-refractivity contribution in [3.8, 4) is 0 Å². The Hall–Kier alpha value is -0.610. The zero-order valence-corrected chi connectivity index (χ0v) is 13.6. The van der Waals surface area contributed by atoms with Gasteiger partial charge in [0, 0.05) is 6.04 Å². The van der Waals surface area contributed by atoms with Crippen LogP contribution in [0.4, 0.5) is 0 Å². The molecule has 118 valence electrons. The van der Waals surface area contributed by atoms with E-state index in [1.807, 2.05) is 6.92 Å². The largest absolute Gasteiger partial charge is 0.480 e. The second kappa shape index (κ2) is 6.90. The Bertz CT molecular complexity index is 320. The normalized spacial score (nSPS) is 22.7. The minimum atomic E-state index is -1.05. The molecule has 1 aliphatic rings. The van der Waals surface area contributed by atoms with Crippen molar-refractivity contribution >= 4 is 5.97 Å². The van der Waals surface area contributed by atoms with Crippen LogP contribution in [0.15, 0.2) is 0 Å². The summed E-state index contributed by atoms with van der Waals surface area (Å²) in [4.78, 5) is 13.6. The van der Waals surface area contributed by atoms with Crippen LogP contribution in [0.25, 0.3) is 0 Å². The predicted molar refractivity (Wildman–Crippen MR) is 82.7 cm³/mol. The van der Waals surface area contributed by atoms with Crippen LogP contribution < -0.4 is 5.73 Å². The van der Waals surface area contributed by atoms with Gasteiger partial charge in [-0.2, -0.15) is 0 Å². The highest BCUT2D eigenvalue weighted by atomic mass is 16.4. The molecule has 20 heavy (non-hydrogen) atoms. The summed E-state index contributed by atoms with van der Waals surface area (Å²) in [5, 5.41) is 9.17.